The summed E-state index contributed by atoms with van der Waals surface area (Å²) in [4.78, 5) is 11.0. The van der Waals surface area contributed by atoms with Crippen molar-refractivity contribution in [1.82, 2.24) is 0 Å². The van der Waals surface area contributed by atoms with Gasteiger partial charge in [-0.1, -0.05) is 23.3 Å². The molecule has 3 heteroatoms. The van der Waals surface area contributed by atoms with E-state index in [1.165, 1.54) is 11.1 Å². The molecule has 0 spiro atoms. The molecule has 3 nitrogen and oxygen atoms in total. The predicted molar refractivity (Wildman–Crippen MR) is 82.3 cm³/mol. The lowest BCUT2D eigenvalue weighted by atomic mass is 10.0. The Balaban J connectivity index is 2.07. The van der Waals surface area contributed by atoms with Crippen LogP contribution >= 0.6 is 0 Å². The molecule has 0 aromatic heterocycles. The van der Waals surface area contributed by atoms with Crippen LogP contribution < -0.4 is 5.32 Å². The van der Waals surface area contributed by atoms with Gasteiger partial charge in [0.1, 0.15) is 0 Å². The molecule has 1 aliphatic rings. The highest BCUT2D eigenvalue weighted by atomic mass is 16.4. The molecule has 0 aliphatic carbocycles. The van der Waals surface area contributed by atoms with Gasteiger partial charge in [-0.2, -0.15) is 0 Å². The van der Waals surface area contributed by atoms with Crippen LogP contribution in [0, 0.1) is 0 Å². The van der Waals surface area contributed by atoms with Gasteiger partial charge in [-0.15, -0.1) is 0 Å². The molecule has 0 saturated carbocycles. The smallest absolute Gasteiger partial charge is 0.335 e. The Labute approximate surface area is 120 Å². The summed E-state index contributed by atoms with van der Waals surface area (Å²) in [5, 5.41) is 12.4. The van der Waals surface area contributed by atoms with Crippen LogP contribution in [0.3, 0.4) is 0 Å². The van der Waals surface area contributed by atoms with Gasteiger partial charge >= 0.3 is 5.97 Å². The van der Waals surface area contributed by atoms with Crippen molar-refractivity contribution in [3.8, 4) is 0 Å². The van der Waals surface area contributed by atoms with Crippen molar-refractivity contribution in [2.45, 2.75) is 33.1 Å². The predicted octanol–water partition coefficient (Wildman–Crippen LogP) is 4.03. The van der Waals surface area contributed by atoms with Crippen LogP contribution in [0.5, 0.6) is 0 Å². The largest absolute Gasteiger partial charge is 0.478 e. The maximum absolute atomic E-state index is 11.0. The van der Waals surface area contributed by atoms with Gasteiger partial charge in [-0.25, -0.2) is 4.79 Å². The lowest BCUT2D eigenvalue weighted by Gasteiger charge is -2.09. The van der Waals surface area contributed by atoms with Crippen molar-refractivity contribution in [2.75, 3.05) is 11.9 Å². The molecule has 0 bridgehead atoms. The van der Waals surface area contributed by atoms with Crippen molar-refractivity contribution in [3.63, 3.8) is 0 Å². The van der Waals surface area contributed by atoms with Crippen molar-refractivity contribution in [2.24, 2.45) is 0 Å². The molecule has 2 N–H and O–H groups in total. The third kappa shape index (κ3) is 3.73. The van der Waals surface area contributed by atoms with E-state index >= 15 is 0 Å². The van der Waals surface area contributed by atoms with Gasteiger partial charge in [0, 0.05) is 12.2 Å². The van der Waals surface area contributed by atoms with Crippen LogP contribution in [0.2, 0.25) is 0 Å². The topological polar surface area (TPSA) is 49.3 Å². The number of nitrogens with one attached hydrogen (secondary N) is 1. The summed E-state index contributed by atoms with van der Waals surface area (Å²) in [6, 6.07) is 5.29. The maximum Gasteiger partial charge on any atom is 0.335 e. The van der Waals surface area contributed by atoms with Gasteiger partial charge < -0.3 is 10.4 Å². The molecule has 0 radical (unpaired) electrons. The number of benzene rings is 1. The Hall–Kier alpha value is -2.03. The van der Waals surface area contributed by atoms with Gasteiger partial charge in [-0.3, -0.25) is 0 Å². The Morgan fingerprint density at radius 1 is 1.40 bits per heavy atom. The van der Waals surface area contributed by atoms with Gasteiger partial charge in [0.05, 0.1) is 5.56 Å². The number of carbonyl (C=O) groups is 1. The van der Waals surface area contributed by atoms with E-state index in [0.29, 0.717) is 5.56 Å². The fourth-order valence-electron chi connectivity index (χ4n) is 2.34. The van der Waals surface area contributed by atoms with E-state index in [1.54, 1.807) is 12.1 Å². The summed E-state index contributed by atoms with van der Waals surface area (Å²) >= 11 is 0. The Morgan fingerprint density at radius 2 is 2.20 bits per heavy atom. The number of carboxylic acids is 1. The van der Waals surface area contributed by atoms with E-state index < -0.39 is 5.97 Å². The molecule has 1 aromatic carbocycles. The zero-order chi connectivity index (χ0) is 14.5. The molecule has 2 rings (SSSR count). The molecule has 1 heterocycles. The molecular weight excluding hydrogens is 250 g/mol. The minimum Gasteiger partial charge on any atom is -0.478 e. The molecule has 20 heavy (non-hydrogen) atoms. The monoisotopic (exact) mass is 271 g/mol. The summed E-state index contributed by atoms with van der Waals surface area (Å²) < 4.78 is 0. The lowest BCUT2D eigenvalue weighted by molar-refractivity contribution is 0.0697. The number of hydrogen-bond acceptors (Lipinski definition) is 2. The number of carboxylic acid groups (broad SMARTS) is 1. The molecule has 1 aromatic rings. The van der Waals surface area contributed by atoms with Crippen LogP contribution in [0.25, 0.3) is 0 Å². The number of hydrogen-bond donors (Lipinski definition) is 2. The van der Waals surface area contributed by atoms with Crippen molar-refractivity contribution >= 4 is 11.7 Å². The number of aromatic carboxylic acids is 1. The van der Waals surface area contributed by atoms with Gasteiger partial charge in [0.15, 0.2) is 0 Å². The molecule has 1 aliphatic heterocycles. The van der Waals surface area contributed by atoms with Crippen LogP contribution in [-0.4, -0.2) is 17.6 Å². The first-order chi connectivity index (χ1) is 9.56. The van der Waals surface area contributed by atoms with Crippen LogP contribution in [0.1, 0.15) is 42.6 Å². The standard InChI is InChI=1S/C17H21NO2/c1-12(2)4-3-5-13-6-7-14-10-15(17(19)20)8-9-16(14)18-11-13/h4,6,8-10,18H,3,5,7,11H2,1-2H3,(H,19,20). The third-order valence-corrected chi connectivity index (χ3v) is 3.49. The molecule has 0 saturated heterocycles. The molecular formula is C17H21NO2. The average molecular weight is 271 g/mol. The zero-order valence-corrected chi connectivity index (χ0v) is 12.1. The van der Waals surface area contributed by atoms with Gasteiger partial charge in [-0.05, 0) is 56.9 Å². The number of rotatable bonds is 4. The fraction of sp³-hybridized carbons (Fsp3) is 0.353. The first kappa shape index (κ1) is 14.4. The van der Waals surface area contributed by atoms with Crippen molar-refractivity contribution in [3.05, 3.63) is 52.6 Å². The molecule has 0 fully saturated rings. The molecule has 0 atom stereocenters. The summed E-state index contributed by atoms with van der Waals surface area (Å²) in [5.41, 5.74) is 5.19. The lowest BCUT2D eigenvalue weighted by Crippen LogP contribution is -2.05. The van der Waals surface area contributed by atoms with Crippen LogP contribution in [-0.2, 0) is 6.42 Å². The minimum absolute atomic E-state index is 0.354. The highest BCUT2D eigenvalue weighted by Crippen LogP contribution is 2.23. The van der Waals surface area contributed by atoms with Crippen LogP contribution in [0.4, 0.5) is 5.69 Å². The first-order valence-electron chi connectivity index (χ1n) is 6.97. The van der Waals surface area contributed by atoms with Gasteiger partial charge in [0.2, 0.25) is 0 Å². The second kappa shape index (κ2) is 6.42. The quantitative estimate of drug-likeness (QED) is 0.813. The summed E-state index contributed by atoms with van der Waals surface area (Å²) in [5.74, 6) is -0.871. The highest BCUT2D eigenvalue weighted by molar-refractivity contribution is 5.88. The van der Waals surface area contributed by atoms with E-state index in [9.17, 15) is 4.79 Å². The van der Waals surface area contributed by atoms with Gasteiger partial charge in [0.25, 0.3) is 0 Å². The summed E-state index contributed by atoms with van der Waals surface area (Å²) in [7, 11) is 0. The second-order valence-corrected chi connectivity index (χ2v) is 5.42. The molecule has 0 amide bonds. The minimum atomic E-state index is -0.871. The Bertz CT molecular complexity index is 566. The Morgan fingerprint density at radius 3 is 2.90 bits per heavy atom. The Kier molecular flexibility index (Phi) is 4.61. The highest BCUT2D eigenvalue weighted by Gasteiger charge is 2.11. The maximum atomic E-state index is 11.0. The van der Waals surface area contributed by atoms with E-state index in [-0.39, 0.29) is 0 Å². The number of fused-ring (bicyclic) bond motifs is 1. The first-order valence-corrected chi connectivity index (χ1v) is 6.97. The normalized spacial score (nSPS) is 13.6. The molecule has 0 unspecified atom stereocenters. The van der Waals surface area contributed by atoms with E-state index in [2.05, 4.69) is 31.3 Å². The number of anilines is 1. The summed E-state index contributed by atoms with van der Waals surface area (Å²) in [6.45, 7) is 5.07. The number of allylic oxidation sites excluding steroid dienone is 3. The SMILES string of the molecule is CC(C)=CCCC1=CCc2cc(C(=O)O)ccc2NC1. The van der Waals surface area contributed by atoms with Crippen molar-refractivity contribution < 1.29 is 9.90 Å². The average Bonchev–Trinajstić information content (AvgIpc) is 2.60. The van der Waals surface area contributed by atoms with Crippen molar-refractivity contribution in [1.29, 1.82) is 0 Å². The van der Waals surface area contributed by atoms with Crippen LogP contribution in [0.15, 0.2) is 41.5 Å². The van der Waals surface area contributed by atoms with E-state index in [1.807, 2.05) is 6.07 Å². The van der Waals surface area contributed by atoms with E-state index in [0.717, 1.165) is 37.1 Å². The fourth-order valence-corrected chi connectivity index (χ4v) is 2.34. The zero-order valence-electron chi connectivity index (χ0n) is 12.1. The third-order valence-electron chi connectivity index (χ3n) is 3.49. The van der Waals surface area contributed by atoms with E-state index in [4.69, 9.17) is 5.11 Å². The molecule has 106 valence electrons. The second-order valence-electron chi connectivity index (χ2n) is 5.42. The summed E-state index contributed by atoms with van der Waals surface area (Å²) in [6.07, 6.45) is 7.39.